The van der Waals surface area contributed by atoms with E-state index in [1.165, 1.54) is 19.3 Å². The Morgan fingerprint density at radius 3 is 2.88 bits per heavy atom. The first kappa shape index (κ1) is 16.5. The van der Waals surface area contributed by atoms with Crippen LogP contribution in [0.1, 0.15) is 38.2 Å². The monoisotopic (exact) mass is 327 g/mol. The first-order chi connectivity index (χ1) is 11.9. The predicted octanol–water partition coefficient (Wildman–Crippen LogP) is 3.26. The van der Waals surface area contributed by atoms with Crippen LogP contribution < -0.4 is 15.0 Å². The normalized spacial score (nSPS) is 14.5. The van der Waals surface area contributed by atoms with Crippen molar-refractivity contribution in [3.63, 3.8) is 0 Å². The summed E-state index contributed by atoms with van der Waals surface area (Å²) in [5, 5.41) is 3.36. The SMILES string of the molecule is CCCOc1ncccc1CNc1cc(N2CCCCC2)ncn1. The summed E-state index contributed by atoms with van der Waals surface area (Å²) < 4.78 is 5.70. The van der Waals surface area contributed by atoms with Gasteiger partial charge in [0.15, 0.2) is 0 Å². The molecule has 0 atom stereocenters. The van der Waals surface area contributed by atoms with Gasteiger partial charge < -0.3 is 15.0 Å². The van der Waals surface area contributed by atoms with Gasteiger partial charge in [-0.05, 0) is 31.7 Å². The standard InChI is InChI=1S/C18H25N5O/c1-2-11-24-18-15(7-6-8-19-18)13-20-16-12-17(22-14-21-16)23-9-4-3-5-10-23/h6-8,12,14H,2-5,9-11,13H2,1H3,(H,20,21,22). The molecule has 24 heavy (non-hydrogen) atoms. The predicted molar refractivity (Wildman–Crippen MR) is 95.4 cm³/mol. The lowest BCUT2D eigenvalue weighted by atomic mass is 10.1. The van der Waals surface area contributed by atoms with Crippen LogP contribution in [-0.4, -0.2) is 34.6 Å². The Kier molecular flexibility index (Phi) is 5.82. The fourth-order valence-electron chi connectivity index (χ4n) is 2.81. The minimum Gasteiger partial charge on any atom is -0.477 e. The molecule has 0 saturated carbocycles. The number of nitrogens with zero attached hydrogens (tertiary/aromatic N) is 4. The van der Waals surface area contributed by atoms with Gasteiger partial charge in [0.1, 0.15) is 18.0 Å². The lowest BCUT2D eigenvalue weighted by Gasteiger charge is -2.27. The number of aromatic nitrogens is 3. The molecule has 2 aromatic heterocycles. The Morgan fingerprint density at radius 1 is 1.17 bits per heavy atom. The van der Waals surface area contributed by atoms with Crippen LogP contribution in [0.25, 0.3) is 0 Å². The summed E-state index contributed by atoms with van der Waals surface area (Å²) in [6, 6.07) is 5.97. The maximum absolute atomic E-state index is 5.70. The maximum Gasteiger partial charge on any atom is 0.218 e. The molecule has 1 fully saturated rings. The van der Waals surface area contributed by atoms with Gasteiger partial charge in [-0.15, -0.1) is 0 Å². The van der Waals surface area contributed by atoms with E-state index in [9.17, 15) is 0 Å². The summed E-state index contributed by atoms with van der Waals surface area (Å²) in [5.74, 6) is 2.52. The molecule has 0 bridgehead atoms. The summed E-state index contributed by atoms with van der Waals surface area (Å²) in [5.41, 5.74) is 1.03. The van der Waals surface area contributed by atoms with Gasteiger partial charge in [0.2, 0.25) is 5.88 Å². The zero-order valence-corrected chi connectivity index (χ0v) is 14.2. The van der Waals surface area contributed by atoms with E-state index >= 15 is 0 Å². The quantitative estimate of drug-likeness (QED) is 0.842. The molecule has 6 heteroatoms. The van der Waals surface area contributed by atoms with Gasteiger partial charge >= 0.3 is 0 Å². The number of nitrogens with one attached hydrogen (secondary N) is 1. The number of piperidine rings is 1. The molecule has 0 aromatic carbocycles. The summed E-state index contributed by atoms with van der Waals surface area (Å²) in [6.45, 7) is 5.55. The third-order valence-corrected chi connectivity index (χ3v) is 4.09. The van der Waals surface area contributed by atoms with Crippen molar-refractivity contribution in [1.82, 2.24) is 15.0 Å². The van der Waals surface area contributed by atoms with Crippen molar-refractivity contribution < 1.29 is 4.74 Å². The van der Waals surface area contributed by atoms with Gasteiger partial charge in [-0.3, -0.25) is 0 Å². The second-order valence-electron chi connectivity index (χ2n) is 5.98. The third kappa shape index (κ3) is 4.34. The highest BCUT2D eigenvalue weighted by Crippen LogP contribution is 2.20. The summed E-state index contributed by atoms with van der Waals surface area (Å²) in [4.78, 5) is 15.4. The minimum atomic E-state index is 0.628. The number of anilines is 2. The highest BCUT2D eigenvalue weighted by molar-refractivity contribution is 5.49. The average Bonchev–Trinajstić information content (AvgIpc) is 2.66. The van der Waals surface area contributed by atoms with Crippen molar-refractivity contribution in [3.8, 4) is 5.88 Å². The van der Waals surface area contributed by atoms with Gasteiger partial charge in [0.05, 0.1) is 6.61 Å². The van der Waals surface area contributed by atoms with Crippen molar-refractivity contribution in [2.75, 3.05) is 29.9 Å². The molecule has 0 spiro atoms. The number of ether oxygens (including phenoxy) is 1. The third-order valence-electron chi connectivity index (χ3n) is 4.09. The number of hydrogen-bond donors (Lipinski definition) is 1. The van der Waals surface area contributed by atoms with Crippen LogP contribution in [-0.2, 0) is 6.54 Å². The molecule has 0 radical (unpaired) electrons. The van der Waals surface area contributed by atoms with Crippen LogP contribution in [0.3, 0.4) is 0 Å². The largest absolute Gasteiger partial charge is 0.477 e. The Morgan fingerprint density at radius 2 is 2.04 bits per heavy atom. The van der Waals surface area contributed by atoms with E-state index < -0.39 is 0 Å². The van der Waals surface area contributed by atoms with E-state index in [4.69, 9.17) is 4.74 Å². The molecular weight excluding hydrogens is 302 g/mol. The van der Waals surface area contributed by atoms with Gasteiger partial charge in [0.25, 0.3) is 0 Å². The van der Waals surface area contributed by atoms with E-state index in [2.05, 4.69) is 32.1 Å². The minimum absolute atomic E-state index is 0.628. The Labute approximate surface area is 143 Å². The second-order valence-corrected chi connectivity index (χ2v) is 5.98. The maximum atomic E-state index is 5.70. The molecule has 3 heterocycles. The Bertz CT molecular complexity index is 643. The molecule has 6 nitrogen and oxygen atoms in total. The Hall–Kier alpha value is -2.37. The zero-order chi connectivity index (χ0) is 16.6. The molecule has 1 aliphatic rings. The average molecular weight is 327 g/mol. The van der Waals surface area contributed by atoms with E-state index in [0.717, 1.165) is 36.7 Å². The molecule has 0 unspecified atom stereocenters. The van der Waals surface area contributed by atoms with Crippen LogP contribution in [0.4, 0.5) is 11.6 Å². The smallest absolute Gasteiger partial charge is 0.218 e. The van der Waals surface area contributed by atoms with Crippen molar-refractivity contribution in [1.29, 1.82) is 0 Å². The topological polar surface area (TPSA) is 63.2 Å². The van der Waals surface area contributed by atoms with Crippen molar-refractivity contribution >= 4 is 11.6 Å². The Balaban J connectivity index is 1.64. The van der Waals surface area contributed by atoms with Crippen molar-refractivity contribution in [2.24, 2.45) is 0 Å². The van der Waals surface area contributed by atoms with Gasteiger partial charge in [-0.25, -0.2) is 15.0 Å². The van der Waals surface area contributed by atoms with Crippen LogP contribution in [0.5, 0.6) is 5.88 Å². The van der Waals surface area contributed by atoms with Crippen molar-refractivity contribution in [2.45, 2.75) is 39.2 Å². The van der Waals surface area contributed by atoms with E-state index in [1.54, 1.807) is 12.5 Å². The zero-order valence-electron chi connectivity index (χ0n) is 14.2. The first-order valence-electron chi connectivity index (χ1n) is 8.74. The molecule has 1 saturated heterocycles. The summed E-state index contributed by atoms with van der Waals surface area (Å²) >= 11 is 0. The summed E-state index contributed by atoms with van der Waals surface area (Å²) in [7, 11) is 0. The van der Waals surface area contributed by atoms with Crippen LogP contribution in [0.2, 0.25) is 0 Å². The molecular formula is C18H25N5O. The highest BCUT2D eigenvalue weighted by atomic mass is 16.5. The lowest BCUT2D eigenvalue weighted by molar-refractivity contribution is 0.302. The molecule has 128 valence electrons. The van der Waals surface area contributed by atoms with Crippen LogP contribution >= 0.6 is 0 Å². The fraction of sp³-hybridized carbons (Fsp3) is 0.500. The highest BCUT2D eigenvalue weighted by Gasteiger charge is 2.13. The van der Waals surface area contributed by atoms with Crippen molar-refractivity contribution in [3.05, 3.63) is 36.3 Å². The van der Waals surface area contributed by atoms with E-state index in [1.807, 2.05) is 18.2 Å². The van der Waals surface area contributed by atoms with Crippen LogP contribution in [0.15, 0.2) is 30.7 Å². The van der Waals surface area contributed by atoms with E-state index in [-0.39, 0.29) is 0 Å². The number of pyridine rings is 1. The molecule has 1 N–H and O–H groups in total. The second kappa shape index (κ2) is 8.47. The first-order valence-corrected chi connectivity index (χ1v) is 8.74. The van der Waals surface area contributed by atoms with Crippen LogP contribution in [0, 0.1) is 0 Å². The molecule has 1 aliphatic heterocycles. The van der Waals surface area contributed by atoms with E-state index in [0.29, 0.717) is 19.0 Å². The number of hydrogen-bond acceptors (Lipinski definition) is 6. The molecule has 0 amide bonds. The lowest BCUT2D eigenvalue weighted by Crippen LogP contribution is -2.30. The molecule has 2 aromatic rings. The fourth-order valence-corrected chi connectivity index (χ4v) is 2.81. The summed E-state index contributed by atoms with van der Waals surface area (Å²) in [6.07, 6.45) is 8.14. The van der Waals surface area contributed by atoms with Gasteiger partial charge in [-0.1, -0.05) is 13.0 Å². The number of rotatable bonds is 7. The van der Waals surface area contributed by atoms with Gasteiger partial charge in [0, 0.05) is 37.5 Å². The molecule has 0 aliphatic carbocycles. The molecule has 3 rings (SSSR count). The van der Waals surface area contributed by atoms with Gasteiger partial charge in [-0.2, -0.15) is 0 Å².